The smallest absolute Gasteiger partial charge is 0.254 e. The Hall–Kier alpha value is -1.59. The molecule has 1 heterocycles. The molecule has 2 N–H and O–H groups in total. The van der Waals surface area contributed by atoms with E-state index in [-0.39, 0.29) is 17.7 Å². The third kappa shape index (κ3) is 3.74. The van der Waals surface area contributed by atoms with Crippen molar-refractivity contribution < 1.29 is 9.59 Å². The van der Waals surface area contributed by atoms with Crippen LogP contribution in [0.3, 0.4) is 0 Å². The first-order chi connectivity index (χ1) is 10.0. The highest BCUT2D eigenvalue weighted by Crippen LogP contribution is 2.14. The van der Waals surface area contributed by atoms with E-state index >= 15 is 0 Å². The Kier molecular flexibility index (Phi) is 5.20. The fourth-order valence-corrected chi connectivity index (χ4v) is 2.54. The maximum atomic E-state index is 12.4. The summed E-state index contributed by atoms with van der Waals surface area (Å²) in [6, 6.07) is 6.92. The number of amides is 2. The average molecular weight is 310 g/mol. The van der Waals surface area contributed by atoms with Crippen LogP contribution in [0.15, 0.2) is 24.3 Å². The first-order valence-electron chi connectivity index (χ1n) is 7.06. The minimum Gasteiger partial charge on any atom is -0.339 e. The fraction of sp³-hybridized carbons (Fsp3) is 0.467. The first kappa shape index (κ1) is 15.8. The molecule has 2 amide bonds. The van der Waals surface area contributed by atoms with E-state index in [1.807, 2.05) is 6.92 Å². The Labute approximate surface area is 129 Å². The molecule has 5 nitrogen and oxygen atoms in total. The highest BCUT2D eigenvalue weighted by molar-refractivity contribution is 6.30. The molecule has 0 saturated carbocycles. The average Bonchev–Trinajstić information content (AvgIpc) is 2.53. The second-order valence-electron chi connectivity index (χ2n) is 5.26. The molecule has 0 spiro atoms. The van der Waals surface area contributed by atoms with Gasteiger partial charge in [-0.05, 0) is 18.2 Å². The van der Waals surface area contributed by atoms with Crippen molar-refractivity contribution in [1.82, 2.24) is 9.80 Å². The van der Waals surface area contributed by atoms with Crippen molar-refractivity contribution in [3.05, 3.63) is 34.9 Å². The van der Waals surface area contributed by atoms with Crippen LogP contribution in [0.25, 0.3) is 0 Å². The summed E-state index contributed by atoms with van der Waals surface area (Å²) in [4.78, 5) is 27.9. The minimum absolute atomic E-state index is 0.0449. The molecule has 1 atom stereocenters. The van der Waals surface area contributed by atoms with E-state index in [1.54, 1.807) is 34.1 Å². The van der Waals surface area contributed by atoms with Crippen molar-refractivity contribution in [2.24, 2.45) is 11.7 Å². The second-order valence-corrected chi connectivity index (χ2v) is 5.70. The van der Waals surface area contributed by atoms with Crippen LogP contribution < -0.4 is 5.73 Å². The summed E-state index contributed by atoms with van der Waals surface area (Å²) in [6.07, 6.45) is 0. The van der Waals surface area contributed by atoms with E-state index in [4.69, 9.17) is 17.3 Å². The molecule has 0 bridgehead atoms. The van der Waals surface area contributed by atoms with E-state index in [2.05, 4.69) is 0 Å². The van der Waals surface area contributed by atoms with Crippen molar-refractivity contribution in [3.63, 3.8) is 0 Å². The van der Waals surface area contributed by atoms with Crippen molar-refractivity contribution in [2.75, 3.05) is 32.7 Å². The third-order valence-corrected chi connectivity index (χ3v) is 3.96. The molecule has 1 fully saturated rings. The number of rotatable bonds is 3. The molecule has 1 saturated heterocycles. The Morgan fingerprint density at radius 1 is 1.24 bits per heavy atom. The predicted molar refractivity (Wildman–Crippen MR) is 82.2 cm³/mol. The topological polar surface area (TPSA) is 66.6 Å². The zero-order valence-electron chi connectivity index (χ0n) is 12.1. The Morgan fingerprint density at radius 3 is 2.43 bits per heavy atom. The van der Waals surface area contributed by atoms with Crippen molar-refractivity contribution in [1.29, 1.82) is 0 Å². The molecular weight excluding hydrogens is 290 g/mol. The summed E-state index contributed by atoms with van der Waals surface area (Å²) in [6.45, 7) is 4.35. The van der Waals surface area contributed by atoms with Crippen molar-refractivity contribution in [2.45, 2.75) is 6.92 Å². The van der Waals surface area contributed by atoms with E-state index in [0.29, 0.717) is 43.3 Å². The van der Waals surface area contributed by atoms with Crippen molar-refractivity contribution >= 4 is 23.4 Å². The molecule has 1 aromatic carbocycles. The minimum atomic E-state index is -0.166. The number of carbonyl (C=O) groups is 2. The standard InChI is InChI=1S/C15H20ClN3O2/c1-11(10-17)14(20)18-5-7-19(8-6-18)15(21)12-3-2-4-13(16)9-12/h2-4,9,11H,5-8,10,17H2,1H3. The first-order valence-corrected chi connectivity index (χ1v) is 7.44. The largest absolute Gasteiger partial charge is 0.339 e. The van der Waals surface area contributed by atoms with E-state index in [0.717, 1.165) is 0 Å². The number of benzene rings is 1. The predicted octanol–water partition coefficient (Wildman–Crippen LogP) is 1.22. The van der Waals surface area contributed by atoms with Gasteiger partial charge in [-0.1, -0.05) is 24.6 Å². The molecule has 0 aromatic heterocycles. The summed E-state index contributed by atoms with van der Waals surface area (Å²) in [5, 5.41) is 0.548. The number of nitrogens with two attached hydrogens (primary N) is 1. The number of nitrogens with zero attached hydrogens (tertiary/aromatic N) is 2. The Morgan fingerprint density at radius 2 is 1.86 bits per heavy atom. The SMILES string of the molecule is CC(CN)C(=O)N1CCN(C(=O)c2cccc(Cl)c2)CC1. The zero-order valence-corrected chi connectivity index (χ0v) is 12.8. The quantitative estimate of drug-likeness (QED) is 0.913. The molecule has 1 aromatic rings. The number of halogens is 1. The molecule has 0 aliphatic carbocycles. The molecule has 114 valence electrons. The van der Waals surface area contributed by atoms with Crippen LogP contribution in [0.4, 0.5) is 0 Å². The van der Waals surface area contributed by atoms with Gasteiger partial charge in [0.05, 0.1) is 0 Å². The number of hydrogen-bond donors (Lipinski definition) is 1. The van der Waals surface area contributed by atoms with Crippen LogP contribution in [0.1, 0.15) is 17.3 Å². The molecule has 6 heteroatoms. The van der Waals surface area contributed by atoms with Gasteiger partial charge >= 0.3 is 0 Å². The Bertz CT molecular complexity index is 527. The van der Waals surface area contributed by atoms with Gasteiger partial charge in [-0.3, -0.25) is 9.59 Å². The van der Waals surface area contributed by atoms with Crippen LogP contribution in [0.5, 0.6) is 0 Å². The molecule has 1 unspecified atom stereocenters. The molecule has 1 aliphatic rings. The third-order valence-electron chi connectivity index (χ3n) is 3.73. The summed E-state index contributed by atoms with van der Waals surface area (Å²) >= 11 is 5.91. The Balaban J connectivity index is 1.95. The van der Waals surface area contributed by atoms with Gasteiger partial charge in [0.15, 0.2) is 0 Å². The number of carbonyl (C=O) groups excluding carboxylic acids is 2. The van der Waals surface area contributed by atoms with Gasteiger partial charge < -0.3 is 15.5 Å². The summed E-state index contributed by atoms with van der Waals surface area (Å²) in [7, 11) is 0. The molecule has 2 rings (SSSR count). The lowest BCUT2D eigenvalue weighted by atomic mass is 10.1. The van der Waals surface area contributed by atoms with Gasteiger partial charge in [0.2, 0.25) is 5.91 Å². The molecule has 0 radical (unpaired) electrons. The molecule has 21 heavy (non-hydrogen) atoms. The molecule has 1 aliphatic heterocycles. The van der Waals surface area contributed by atoms with Gasteiger partial charge in [-0.2, -0.15) is 0 Å². The van der Waals surface area contributed by atoms with Gasteiger partial charge in [-0.15, -0.1) is 0 Å². The van der Waals surface area contributed by atoms with Crippen LogP contribution in [0.2, 0.25) is 5.02 Å². The monoisotopic (exact) mass is 309 g/mol. The maximum Gasteiger partial charge on any atom is 0.254 e. The van der Waals surface area contributed by atoms with Gasteiger partial charge in [-0.25, -0.2) is 0 Å². The lowest BCUT2D eigenvalue weighted by molar-refractivity contribution is -0.136. The van der Waals surface area contributed by atoms with Gasteiger partial charge in [0.1, 0.15) is 0 Å². The highest BCUT2D eigenvalue weighted by Gasteiger charge is 2.26. The molecular formula is C15H20ClN3O2. The van der Waals surface area contributed by atoms with Crippen LogP contribution in [-0.4, -0.2) is 54.3 Å². The second kappa shape index (κ2) is 6.91. The lowest BCUT2D eigenvalue weighted by Crippen LogP contribution is -2.52. The van der Waals surface area contributed by atoms with Crippen LogP contribution in [-0.2, 0) is 4.79 Å². The number of piperazine rings is 1. The number of hydrogen-bond acceptors (Lipinski definition) is 3. The lowest BCUT2D eigenvalue weighted by Gasteiger charge is -2.36. The van der Waals surface area contributed by atoms with E-state index in [9.17, 15) is 9.59 Å². The van der Waals surface area contributed by atoms with E-state index < -0.39 is 0 Å². The highest BCUT2D eigenvalue weighted by atomic mass is 35.5. The maximum absolute atomic E-state index is 12.4. The van der Waals surface area contributed by atoms with Gasteiger partial charge in [0.25, 0.3) is 5.91 Å². The summed E-state index contributed by atoms with van der Waals surface area (Å²) in [5.74, 6) is -0.149. The fourth-order valence-electron chi connectivity index (χ4n) is 2.35. The zero-order chi connectivity index (χ0) is 15.4. The summed E-state index contributed by atoms with van der Waals surface area (Å²) in [5.41, 5.74) is 6.10. The van der Waals surface area contributed by atoms with Crippen LogP contribution in [0, 0.1) is 5.92 Å². The normalized spacial score (nSPS) is 16.7. The van der Waals surface area contributed by atoms with Crippen molar-refractivity contribution in [3.8, 4) is 0 Å². The van der Waals surface area contributed by atoms with Gasteiger partial charge in [0, 0.05) is 49.2 Å². The van der Waals surface area contributed by atoms with E-state index in [1.165, 1.54) is 0 Å². The van der Waals surface area contributed by atoms with Crippen LogP contribution >= 0.6 is 11.6 Å². The summed E-state index contributed by atoms with van der Waals surface area (Å²) < 4.78 is 0.